The molecule has 3 aromatic heterocycles. The summed E-state index contributed by atoms with van der Waals surface area (Å²) in [6.45, 7) is 0.516. The number of H-pyrrole nitrogens is 1. The normalized spacial score (nSPS) is 17.1. The van der Waals surface area contributed by atoms with Gasteiger partial charge in [0.1, 0.15) is 17.4 Å². The lowest BCUT2D eigenvalue weighted by molar-refractivity contribution is -0.138. The number of para-hydroxylation sites is 1. The molecule has 0 saturated carbocycles. The second-order valence-electron chi connectivity index (χ2n) is 6.57. The van der Waals surface area contributed by atoms with Gasteiger partial charge in [0.25, 0.3) is 0 Å². The number of alkyl halides is 3. The average Bonchev–Trinajstić information content (AvgIpc) is 3.33. The molecule has 0 radical (unpaired) electrons. The topological polar surface area (TPSA) is 70.8 Å². The van der Waals surface area contributed by atoms with E-state index < -0.39 is 17.8 Å². The van der Waals surface area contributed by atoms with Crippen LogP contribution in [-0.2, 0) is 12.6 Å². The van der Waals surface area contributed by atoms with Crippen molar-refractivity contribution in [2.45, 2.75) is 18.6 Å². The first kappa shape index (κ1) is 16.8. The van der Waals surface area contributed by atoms with E-state index >= 15 is 0 Å². The van der Waals surface area contributed by atoms with Crippen molar-refractivity contribution in [3.05, 3.63) is 71.8 Å². The van der Waals surface area contributed by atoms with Crippen LogP contribution in [-0.4, -0.2) is 26.5 Å². The Morgan fingerprint density at radius 1 is 1.11 bits per heavy atom. The summed E-state index contributed by atoms with van der Waals surface area (Å²) in [6, 6.07) is 9.09. The van der Waals surface area contributed by atoms with E-state index in [2.05, 4.69) is 19.9 Å². The lowest BCUT2D eigenvalue weighted by atomic mass is 10.0. The van der Waals surface area contributed by atoms with E-state index in [-0.39, 0.29) is 5.95 Å². The summed E-state index contributed by atoms with van der Waals surface area (Å²) in [5.41, 5.74) is 1.57. The lowest BCUT2D eigenvalue weighted by Gasteiger charge is -2.33. The van der Waals surface area contributed by atoms with Gasteiger partial charge < -0.3 is 14.3 Å². The first-order valence-corrected chi connectivity index (χ1v) is 8.67. The number of aromatic nitrogens is 4. The van der Waals surface area contributed by atoms with E-state index in [1.165, 1.54) is 0 Å². The predicted molar refractivity (Wildman–Crippen MR) is 94.7 cm³/mol. The van der Waals surface area contributed by atoms with E-state index in [1.54, 1.807) is 6.33 Å². The molecule has 0 bridgehead atoms. The maximum Gasteiger partial charge on any atom is 0.419 e. The van der Waals surface area contributed by atoms with Gasteiger partial charge in [0, 0.05) is 36.4 Å². The van der Waals surface area contributed by atoms with E-state index in [1.807, 2.05) is 35.2 Å². The van der Waals surface area contributed by atoms with Gasteiger partial charge in [0.05, 0.1) is 17.6 Å². The smallest absolute Gasteiger partial charge is 0.419 e. The van der Waals surface area contributed by atoms with Gasteiger partial charge >= 0.3 is 6.18 Å². The van der Waals surface area contributed by atoms with Crippen LogP contribution < -0.4 is 4.90 Å². The minimum absolute atomic E-state index is 0.201. The minimum Gasteiger partial charge on any atom is -0.458 e. The number of hydrogen-bond acceptors (Lipinski definition) is 5. The number of fused-ring (bicyclic) bond motifs is 2. The maximum absolute atomic E-state index is 12.9. The van der Waals surface area contributed by atoms with E-state index in [9.17, 15) is 13.2 Å². The lowest BCUT2D eigenvalue weighted by Crippen LogP contribution is -2.37. The van der Waals surface area contributed by atoms with Crippen LogP contribution in [0.15, 0.2) is 53.5 Å². The van der Waals surface area contributed by atoms with Crippen LogP contribution in [0.25, 0.3) is 11.0 Å². The molecule has 0 aliphatic carbocycles. The zero-order valence-corrected chi connectivity index (χ0v) is 14.4. The Labute approximate surface area is 157 Å². The van der Waals surface area contributed by atoms with Gasteiger partial charge in [-0.2, -0.15) is 13.2 Å². The minimum atomic E-state index is -4.48. The first-order valence-electron chi connectivity index (χ1n) is 8.67. The van der Waals surface area contributed by atoms with Gasteiger partial charge in [0.15, 0.2) is 0 Å². The summed E-state index contributed by atoms with van der Waals surface area (Å²) in [5.74, 6) is 0.838. The molecule has 5 rings (SSSR count). The summed E-state index contributed by atoms with van der Waals surface area (Å²) in [5, 5.41) is 0.938. The summed E-state index contributed by atoms with van der Waals surface area (Å²) in [6.07, 6.45) is -0.613. The summed E-state index contributed by atoms with van der Waals surface area (Å²) >= 11 is 0. The number of anilines is 1. The predicted octanol–water partition coefficient (Wildman–Crippen LogP) is 4.12. The Bertz CT molecular complexity index is 1100. The molecule has 1 aromatic carbocycles. The number of aromatic amines is 1. The molecular formula is C19H14F3N5O. The first-order chi connectivity index (χ1) is 13.5. The van der Waals surface area contributed by atoms with Crippen molar-refractivity contribution in [1.82, 2.24) is 19.9 Å². The van der Waals surface area contributed by atoms with Crippen molar-refractivity contribution in [1.29, 1.82) is 0 Å². The fourth-order valence-corrected chi connectivity index (χ4v) is 3.53. The Balaban J connectivity index is 1.60. The molecular weight excluding hydrogens is 371 g/mol. The zero-order chi connectivity index (χ0) is 19.3. The highest BCUT2D eigenvalue weighted by atomic mass is 19.4. The third-order valence-electron chi connectivity index (χ3n) is 4.86. The van der Waals surface area contributed by atoms with Gasteiger partial charge in [-0.25, -0.2) is 15.0 Å². The largest absolute Gasteiger partial charge is 0.458 e. The van der Waals surface area contributed by atoms with E-state index in [4.69, 9.17) is 4.42 Å². The second-order valence-corrected chi connectivity index (χ2v) is 6.57. The number of nitrogens with zero attached hydrogens (tertiary/aromatic N) is 4. The second kappa shape index (κ2) is 6.08. The third-order valence-corrected chi connectivity index (χ3v) is 4.86. The molecule has 0 saturated heterocycles. The van der Waals surface area contributed by atoms with Crippen molar-refractivity contribution >= 4 is 16.9 Å². The quantitative estimate of drug-likeness (QED) is 0.562. The number of hydrogen-bond donors (Lipinski definition) is 1. The van der Waals surface area contributed by atoms with Gasteiger partial charge in [0.2, 0.25) is 5.95 Å². The third kappa shape index (κ3) is 2.70. The number of imidazole rings is 1. The maximum atomic E-state index is 12.9. The van der Waals surface area contributed by atoms with Crippen LogP contribution >= 0.6 is 0 Å². The van der Waals surface area contributed by atoms with Crippen LogP contribution in [0.4, 0.5) is 19.1 Å². The van der Waals surface area contributed by atoms with E-state index in [0.717, 1.165) is 34.8 Å². The number of furan rings is 1. The Kier molecular flexibility index (Phi) is 3.65. The van der Waals surface area contributed by atoms with Crippen LogP contribution in [0.5, 0.6) is 0 Å². The van der Waals surface area contributed by atoms with Crippen LogP contribution in [0.2, 0.25) is 0 Å². The molecule has 6 nitrogen and oxygen atoms in total. The van der Waals surface area contributed by atoms with Gasteiger partial charge in [-0.3, -0.25) is 0 Å². The van der Waals surface area contributed by atoms with Crippen molar-refractivity contribution in [2.75, 3.05) is 11.4 Å². The van der Waals surface area contributed by atoms with Crippen LogP contribution in [0, 0.1) is 0 Å². The molecule has 142 valence electrons. The summed E-state index contributed by atoms with van der Waals surface area (Å²) in [7, 11) is 0. The molecule has 1 N–H and O–H groups in total. The number of benzene rings is 1. The van der Waals surface area contributed by atoms with Crippen LogP contribution in [0.3, 0.4) is 0 Å². The van der Waals surface area contributed by atoms with Gasteiger partial charge in [-0.15, -0.1) is 0 Å². The van der Waals surface area contributed by atoms with Crippen molar-refractivity contribution in [3.8, 4) is 0 Å². The summed E-state index contributed by atoms with van der Waals surface area (Å²) in [4.78, 5) is 17.3. The molecule has 0 unspecified atom stereocenters. The molecule has 9 heteroatoms. The van der Waals surface area contributed by atoms with Crippen molar-refractivity contribution in [2.24, 2.45) is 0 Å². The highest BCUT2D eigenvalue weighted by Gasteiger charge is 2.36. The Morgan fingerprint density at radius 3 is 2.64 bits per heavy atom. The summed E-state index contributed by atoms with van der Waals surface area (Å²) < 4.78 is 44.6. The van der Waals surface area contributed by atoms with Gasteiger partial charge in [-0.05, 0) is 12.1 Å². The molecule has 4 aromatic rings. The molecule has 4 heterocycles. The standard InChI is InChI=1S/C19H14F3N5O/c20-19(21,22)12-8-23-18(24-9-12)27-6-5-13-16(26-10-25-13)17(27)15-7-11-3-1-2-4-14(11)28-15/h1-4,7-10,17H,5-6H2,(H,25,26)/t17-/m1/s1. The average molecular weight is 385 g/mol. The molecule has 0 amide bonds. The van der Waals surface area contributed by atoms with Gasteiger partial charge in [-0.1, -0.05) is 18.2 Å². The Hall–Kier alpha value is -3.36. The highest BCUT2D eigenvalue weighted by molar-refractivity contribution is 5.78. The van der Waals surface area contributed by atoms with Crippen molar-refractivity contribution < 1.29 is 17.6 Å². The number of nitrogens with one attached hydrogen (secondary N) is 1. The van der Waals surface area contributed by atoms with Crippen molar-refractivity contribution in [3.63, 3.8) is 0 Å². The zero-order valence-electron chi connectivity index (χ0n) is 14.4. The molecule has 1 atom stereocenters. The monoisotopic (exact) mass is 385 g/mol. The fraction of sp³-hybridized carbons (Fsp3) is 0.211. The molecule has 0 spiro atoms. The molecule has 28 heavy (non-hydrogen) atoms. The molecule has 1 aliphatic heterocycles. The number of rotatable bonds is 2. The Morgan fingerprint density at radius 2 is 1.89 bits per heavy atom. The number of halogens is 3. The highest BCUT2D eigenvalue weighted by Crippen LogP contribution is 2.38. The van der Waals surface area contributed by atoms with E-state index in [0.29, 0.717) is 18.7 Å². The SMILES string of the molecule is FC(F)(F)c1cnc(N2CCc3[nH]cnc3[C@H]2c2cc3ccccc3o2)nc1. The fourth-order valence-electron chi connectivity index (χ4n) is 3.53. The van der Waals surface area contributed by atoms with Crippen LogP contribution in [0.1, 0.15) is 28.8 Å². The molecule has 1 aliphatic rings. The molecule has 0 fully saturated rings.